The Morgan fingerprint density at radius 3 is 2.38 bits per heavy atom. The second-order valence-electron chi connectivity index (χ2n) is 12.5. The smallest absolute Gasteiger partial charge is 0.235 e. The lowest BCUT2D eigenvalue weighted by atomic mass is 10.0. The Labute approximate surface area is 274 Å². The van der Waals surface area contributed by atoms with Crippen LogP contribution in [0.1, 0.15) is 12.5 Å². The first-order valence-electron chi connectivity index (χ1n) is 16.1. The third-order valence-electron chi connectivity index (χ3n) is 10.0. The van der Waals surface area contributed by atoms with E-state index in [9.17, 15) is 0 Å². The average molecular weight is 619 g/mol. The first-order chi connectivity index (χ1) is 23.3. The van der Waals surface area contributed by atoms with Gasteiger partial charge in [-0.15, -0.1) is 0 Å². The van der Waals surface area contributed by atoms with Crippen molar-refractivity contribution in [3.05, 3.63) is 140 Å². The molecule has 0 radical (unpaired) electrons. The van der Waals surface area contributed by atoms with E-state index in [4.69, 9.17) is 9.97 Å². The minimum Gasteiger partial charge on any atom is -0.333 e. The molecule has 1 aliphatic heterocycles. The van der Waals surface area contributed by atoms with Crippen molar-refractivity contribution in [2.75, 3.05) is 0 Å². The van der Waals surface area contributed by atoms with Gasteiger partial charge in [-0.05, 0) is 59.7 Å². The van der Waals surface area contributed by atoms with E-state index in [1.807, 2.05) is 0 Å². The van der Waals surface area contributed by atoms with Gasteiger partial charge < -0.3 is 4.57 Å². The fraction of sp³-hybridized carbons (Fsp3) is 0.0476. The van der Waals surface area contributed by atoms with Crippen LogP contribution in [0.2, 0.25) is 0 Å². The molecular formula is C42H26N4S. The Morgan fingerprint density at radius 2 is 1.45 bits per heavy atom. The van der Waals surface area contributed by atoms with Crippen molar-refractivity contribution in [1.29, 1.82) is 0 Å². The van der Waals surface area contributed by atoms with Gasteiger partial charge in [0.1, 0.15) is 0 Å². The van der Waals surface area contributed by atoms with Crippen LogP contribution in [-0.2, 0) is 0 Å². The first kappa shape index (κ1) is 25.5. The monoisotopic (exact) mass is 618 g/mol. The highest BCUT2D eigenvalue weighted by Gasteiger charge is 2.25. The summed E-state index contributed by atoms with van der Waals surface area (Å²) in [6.07, 6.45) is 9.88. The number of aromatic nitrogens is 4. The molecule has 0 saturated carbocycles. The molecule has 1 unspecified atom stereocenters. The van der Waals surface area contributed by atoms with Gasteiger partial charge in [0.2, 0.25) is 5.95 Å². The van der Waals surface area contributed by atoms with E-state index in [2.05, 4.69) is 149 Å². The molecule has 1 atom stereocenters. The van der Waals surface area contributed by atoms with E-state index in [0.717, 1.165) is 39.6 Å². The maximum atomic E-state index is 5.44. The highest BCUT2D eigenvalue weighted by Crippen LogP contribution is 2.48. The predicted molar refractivity (Wildman–Crippen MR) is 196 cm³/mol. The summed E-state index contributed by atoms with van der Waals surface area (Å²) in [6.45, 7) is 0. The Kier molecular flexibility index (Phi) is 5.13. The molecule has 5 heteroatoms. The summed E-state index contributed by atoms with van der Waals surface area (Å²) in [5.74, 6) is 0.698. The van der Waals surface area contributed by atoms with Crippen molar-refractivity contribution in [3.63, 3.8) is 0 Å². The lowest BCUT2D eigenvalue weighted by Crippen LogP contribution is -2.07. The van der Waals surface area contributed by atoms with Crippen molar-refractivity contribution in [2.24, 2.45) is 0 Å². The number of para-hydroxylation sites is 1. The Balaban J connectivity index is 1.32. The van der Waals surface area contributed by atoms with Crippen molar-refractivity contribution >= 4 is 77.0 Å². The highest BCUT2D eigenvalue weighted by atomic mass is 32.2. The number of rotatable bonds is 2. The number of hydrogen-bond donors (Lipinski definition) is 0. The zero-order chi connectivity index (χ0) is 30.6. The van der Waals surface area contributed by atoms with Crippen LogP contribution in [0.25, 0.3) is 82.5 Å². The molecule has 47 heavy (non-hydrogen) atoms. The third-order valence-corrected chi connectivity index (χ3v) is 11.1. The minimum atomic E-state index is 0.243. The second kappa shape index (κ2) is 9.44. The summed E-state index contributed by atoms with van der Waals surface area (Å²) in [4.78, 5) is 13.2. The Morgan fingerprint density at radius 1 is 0.596 bits per heavy atom. The molecule has 0 spiro atoms. The lowest BCUT2D eigenvalue weighted by molar-refractivity contribution is 0.648. The van der Waals surface area contributed by atoms with Crippen LogP contribution in [0.5, 0.6) is 0 Å². The fourth-order valence-electron chi connectivity index (χ4n) is 8.00. The molecule has 220 valence electrons. The number of nitrogens with zero attached hydrogens (tertiary/aromatic N) is 4. The Hall–Kier alpha value is -5.65. The van der Waals surface area contributed by atoms with Crippen LogP contribution in [0.15, 0.2) is 149 Å². The van der Waals surface area contributed by atoms with Crippen LogP contribution in [0.4, 0.5) is 0 Å². The molecule has 1 aliphatic carbocycles. The van der Waals surface area contributed by atoms with Gasteiger partial charge in [-0.1, -0.05) is 109 Å². The van der Waals surface area contributed by atoms with Crippen molar-refractivity contribution < 1.29 is 0 Å². The molecule has 4 heterocycles. The molecule has 3 aromatic heterocycles. The minimum absolute atomic E-state index is 0.243. The molecule has 2 aliphatic rings. The summed E-state index contributed by atoms with van der Waals surface area (Å²) in [5.41, 5.74) is 7.84. The molecule has 11 rings (SSSR count). The van der Waals surface area contributed by atoms with Crippen LogP contribution in [0, 0.1) is 0 Å². The van der Waals surface area contributed by atoms with Gasteiger partial charge in [0.15, 0.2) is 0 Å². The molecule has 0 amide bonds. The zero-order valence-electron chi connectivity index (χ0n) is 25.3. The maximum absolute atomic E-state index is 5.44. The van der Waals surface area contributed by atoms with E-state index >= 15 is 0 Å². The van der Waals surface area contributed by atoms with E-state index in [0.29, 0.717) is 5.95 Å². The van der Waals surface area contributed by atoms with Crippen molar-refractivity contribution in [3.8, 4) is 17.2 Å². The summed E-state index contributed by atoms with van der Waals surface area (Å²) in [7, 11) is 0. The highest BCUT2D eigenvalue weighted by molar-refractivity contribution is 7.99. The van der Waals surface area contributed by atoms with Gasteiger partial charge in [-0.3, -0.25) is 4.57 Å². The molecular weight excluding hydrogens is 593 g/mol. The normalized spacial score (nSPS) is 15.5. The standard InChI is InChI=1S/C42H26N4S/c1-2-12-26(13-3-1)45-33-18-8-6-15-28(33)30-23-31-36(24-35(30)45)46(34-22-21-25-11-4-5-14-27(25)39(31)34)42-43-32-17-10-20-38-40(32)41(44-42)29-16-7-9-19-37(29)47-38/h1-12,14-24,26H,13H2. The third kappa shape index (κ3) is 3.49. The Bertz CT molecular complexity index is 2870. The number of allylic oxidation sites excluding steroid dienone is 4. The molecule has 0 saturated heterocycles. The van der Waals surface area contributed by atoms with Crippen molar-refractivity contribution in [2.45, 2.75) is 22.3 Å². The maximum Gasteiger partial charge on any atom is 0.235 e. The molecule has 0 N–H and O–H groups in total. The van der Waals surface area contributed by atoms with Crippen molar-refractivity contribution in [1.82, 2.24) is 19.1 Å². The summed E-state index contributed by atoms with van der Waals surface area (Å²) >= 11 is 1.80. The van der Waals surface area contributed by atoms with Gasteiger partial charge in [-0.25, -0.2) is 9.97 Å². The van der Waals surface area contributed by atoms with E-state index in [1.165, 1.54) is 53.1 Å². The van der Waals surface area contributed by atoms with E-state index in [-0.39, 0.29) is 6.04 Å². The van der Waals surface area contributed by atoms with Gasteiger partial charge in [0.05, 0.1) is 33.8 Å². The van der Waals surface area contributed by atoms with E-state index in [1.54, 1.807) is 11.8 Å². The van der Waals surface area contributed by atoms with Crippen LogP contribution < -0.4 is 0 Å². The molecule has 0 bridgehead atoms. The number of benzene rings is 6. The molecule has 9 aromatic rings. The SMILES string of the molecule is C1=CCC(n2c3ccccc3c3cc4c5c6ccccc6ccc5n(-c5nc6c7c(cccc7n5)Sc5ccccc5-6)c4cc32)C=C1. The quantitative estimate of drug-likeness (QED) is 0.193. The fourth-order valence-corrected chi connectivity index (χ4v) is 9.11. The van der Waals surface area contributed by atoms with Gasteiger partial charge in [-0.2, -0.15) is 0 Å². The van der Waals surface area contributed by atoms with Crippen LogP contribution >= 0.6 is 11.8 Å². The number of fused-ring (bicyclic) bond motifs is 10. The van der Waals surface area contributed by atoms with Gasteiger partial charge in [0.25, 0.3) is 0 Å². The van der Waals surface area contributed by atoms with Gasteiger partial charge in [0, 0.05) is 47.8 Å². The summed E-state index contributed by atoms with van der Waals surface area (Å²) in [6, 6.07) is 42.1. The first-order valence-corrected chi connectivity index (χ1v) is 16.9. The topological polar surface area (TPSA) is 35.6 Å². The van der Waals surface area contributed by atoms with Crippen LogP contribution in [-0.4, -0.2) is 19.1 Å². The molecule has 0 fully saturated rings. The predicted octanol–water partition coefficient (Wildman–Crippen LogP) is 11.2. The average Bonchev–Trinajstić information content (AvgIpc) is 3.63. The van der Waals surface area contributed by atoms with E-state index < -0.39 is 0 Å². The summed E-state index contributed by atoms with van der Waals surface area (Å²) < 4.78 is 4.83. The largest absolute Gasteiger partial charge is 0.333 e. The second-order valence-corrected chi connectivity index (χ2v) is 13.6. The zero-order valence-corrected chi connectivity index (χ0v) is 26.1. The number of hydrogen-bond acceptors (Lipinski definition) is 3. The summed E-state index contributed by atoms with van der Waals surface area (Å²) in [5, 5.41) is 8.60. The molecule has 4 nitrogen and oxygen atoms in total. The lowest BCUT2D eigenvalue weighted by Gasteiger charge is -2.20. The van der Waals surface area contributed by atoms with Crippen LogP contribution in [0.3, 0.4) is 0 Å². The van der Waals surface area contributed by atoms with Gasteiger partial charge >= 0.3 is 0 Å². The molecule has 6 aromatic carbocycles.